The van der Waals surface area contributed by atoms with Gasteiger partial charge in [0.15, 0.2) is 17.7 Å². The summed E-state index contributed by atoms with van der Waals surface area (Å²) in [6.07, 6.45) is -6.94. The van der Waals surface area contributed by atoms with Gasteiger partial charge in [-0.15, -0.1) is 0 Å². The summed E-state index contributed by atoms with van der Waals surface area (Å²) in [6.45, 7) is 0.673. The molecule has 0 aromatic carbocycles. The number of nitrogen functional groups attached to an aromatic ring is 1. The Kier molecular flexibility index (Phi) is 18.1. The van der Waals surface area contributed by atoms with Gasteiger partial charge in [0, 0.05) is 30.7 Å². The zero-order chi connectivity index (χ0) is 36.1. The molecule has 3 rings (SSSR count). The first-order chi connectivity index (χ1) is 22.2. The number of hydrogen-bond acceptors (Lipinski definition) is 18. The summed E-state index contributed by atoms with van der Waals surface area (Å²) in [5.74, 6) is -0.963. The van der Waals surface area contributed by atoms with Crippen molar-refractivity contribution in [2.75, 3.05) is 37.8 Å². The van der Waals surface area contributed by atoms with Crippen LogP contribution in [0.4, 0.5) is 5.82 Å². The summed E-state index contributed by atoms with van der Waals surface area (Å²) in [5.41, 5.74) is 4.26. The second-order valence-electron chi connectivity index (χ2n) is 10.8. The van der Waals surface area contributed by atoms with Crippen LogP contribution in [0.25, 0.3) is 11.2 Å². The van der Waals surface area contributed by atoms with Gasteiger partial charge in [-0.1, -0.05) is 13.8 Å². The first-order valence-corrected chi connectivity index (χ1v) is 18.8. The predicted octanol–water partition coefficient (Wildman–Crippen LogP) is -6.12. The Hall–Kier alpha value is -1.15. The van der Waals surface area contributed by atoms with E-state index in [0.717, 1.165) is 17.2 Å². The van der Waals surface area contributed by atoms with Crippen LogP contribution in [-0.4, -0.2) is 118 Å². The van der Waals surface area contributed by atoms with Crippen molar-refractivity contribution in [1.29, 1.82) is 0 Å². The van der Waals surface area contributed by atoms with E-state index in [0.29, 0.717) is 12.3 Å². The number of carbonyl (C=O) groups is 2. The molecule has 0 aliphatic carbocycles. The van der Waals surface area contributed by atoms with Crippen molar-refractivity contribution in [2.45, 2.75) is 50.9 Å². The van der Waals surface area contributed by atoms with Gasteiger partial charge < -0.3 is 60.9 Å². The van der Waals surface area contributed by atoms with Gasteiger partial charge in [-0.25, -0.2) is 24.1 Å². The van der Waals surface area contributed by atoms with Crippen molar-refractivity contribution in [1.82, 2.24) is 30.2 Å². The van der Waals surface area contributed by atoms with Crippen LogP contribution in [-0.2, 0) is 45.9 Å². The number of fused-ring (bicyclic) bond motifs is 1. The molecule has 3 heterocycles. The van der Waals surface area contributed by atoms with E-state index in [4.69, 9.17) is 15.0 Å². The minimum absolute atomic E-state index is 0. The first kappa shape index (κ1) is 46.9. The van der Waals surface area contributed by atoms with Gasteiger partial charge in [0.2, 0.25) is 11.8 Å². The van der Waals surface area contributed by atoms with Crippen molar-refractivity contribution >= 4 is 64.9 Å². The molecule has 1 aliphatic rings. The van der Waals surface area contributed by atoms with Crippen molar-refractivity contribution < 1.29 is 111 Å². The summed E-state index contributed by atoms with van der Waals surface area (Å²) >= 11 is 3.95. The zero-order valence-electron chi connectivity index (χ0n) is 26.7. The van der Waals surface area contributed by atoms with Crippen molar-refractivity contribution in [3.8, 4) is 0 Å². The molecule has 8 unspecified atom stereocenters. The Morgan fingerprint density at radius 2 is 1.78 bits per heavy atom. The van der Waals surface area contributed by atoms with Crippen LogP contribution in [0.5, 0.6) is 0 Å². The minimum Gasteiger partial charge on any atom is -0.756 e. The molecular formula is C21H37N7NaO17P3S. The number of carbonyl (C=O) groups excluding carboxylic acids is 2. The first-order valence-electron chi connectivity index (χ1n) is 13.6. The van der Waals surface area contributed by atoms with Crippen LogP contribution in [0, 0.1) is 5.41 Å². The number of phosphoric ester groups is 3. The fourth-order valence-electron chi connectivity index (χ4n) is 4.13. The summed E-state index contributed by atoms with van der Waals surface area (Å²) in [6, 6.07) is 0. The monoisotopic (exact) mass is 807 g/mol. The Bertz CT molecular complexity index is 1600. The number of nitrogens with two attached hydrogens (primary N) is 1. The minimum atomic E-state index is -5.56. The number of imidazole rings is 1. The second kappa shape index (κ2) is 19.3. The molecule has 24 nitrogen and oxygen atoms in total. The van der Waals surface area contributed by atoms with Crippen LogP contribution in [0.1, 0.15) is 26.5 Å². The van der Waals surface area contributed by atoms with E-state index < -0.39 is 78.6 Å². The fraction of sp³-hybridized carbons (Fsp3) is 0.667. The van der Waals surface area contributed by atoms with Gasteiger partial charge in [-0.3, -0.25) is 27.8 Å². The number of rotatable bonds is 18. The number of amides is 2. The number of ether oxygens (including phenoxy) is 1. The molecule has 0 radical (unpaired) electrons. The number of aromatic nitrogens is 4. The maximum absolute atomic E-state index is 12.6. The van der Waals surface area contributed by atoms with Crippen molar-refractivity contribution in [3.63, 3.8) is 0 Å². The van der Waals surface area contributed by atoms with E-state index in [2.05, 4.69) is 51.6 Å². The Morgan fingerprint density at radius 1 is 1.14 bits per heavy atom. The number of phosphoric acid groups is 3. The molecule has 280 valence electrons. The molecule has 1 fully saturated rings. The number of aliphatic hydroxyl groups is 2. The average molecular weight is 808 g/mol. The number of nitrogens with zero attached hydrogens (tertiary/aromatic N) is 4. The molecule has 0 saturated carbocycles. The SMILES string of the molecule is CC(C)(COP(=O)(O)OP(=O)(O)OCC1OC(n2cnc3c(N)ncnc32)C(O)C1OP(=O)([O-])O)C(O)C(=O)NCCC(=O)NCCS.O.[Na+]. The van der Waals surface area contributed by atoms with E-state index >= 15 is 0 Å². The third-order valence-electron chi connectivity index (χ3n) is 6.51. The van der Waals surface area contributed by atoms with Gasteiger partial charge >= 0.3 is 45.2 Å². The average Bonchev–Trinajstić information content (AvgIpc) is 3.54. The fourth-order valence-corrected chi connectivity index (χ4v) is 7.06. The number of aliphatic hydroxyl groups excluding tert-OH is 2. The maximum atomic E-state index is 12.6. The maximum Gasteiger partial charge on any atom is 1.00 e. The topological polar surface area (TPSA) is 381 Å². The van der Waals surface area contributed by atoms with Crippen LogP contribution in [0.3, 0.4) is 0 Å². The van der Waals surface area contributed by atoms with E-state index in [1.54, 1.807) is 0 Å². The van der Waals surface area contributed by atoms with Gasteiger partial charge in [-0.2, -0.15) is 16.9 Å². The van der Waals surface area contributed by atoms with Crippen molar-refractivity contribution in [2.24, 2.45) is 5.41 Å². The summed E-state index contributed by atoms with van der Waals surface area (Å²) < 4.78 is 61.4. The molecule has 8 atom stereocenters. The predicted molar refractivity (Wildman–Crippen MR) is 165 cm³/mol. The summed E-state index contributed by atoms with van der Waals surface area (Å²) in [7, 11) is -16.6. The quantitative estimate of drug-likeness (QED) is 0.0384. The largest absolute Gasteiger partial charge is 1.00 e. The smallest absolute Gasteiger partial charge is 0.756 e. The molecule has 0 bridgehead atoms. The molecule has 1 saturated heterocycles. The summed E-state index contributed by atoms with van der Waals surface area (Å²) in [5, 5.41) is 26.0. The van der Waals surface area contributed by atoms with Crippen molar-refractivity contribution in [3.05, 3.63) is 12.7 Å². The second-order valence-corrected chi connectivity index (χ2v) is 15.4. The molecule has 29 heteroatoms. The molecule has 2 aromatic rings. The standard InChI is InChI=1S/C21H36N7O16P3S.Na.H2O/c1-21(2,16(31)19(32)24-4-3-12(29)23-5-6-48)8-41-47(38,39)44-46(36,37)40-7-11-15(43-45(33,34)35)14(30)20(42-11)28-10-27-13-17(22)25-9-26-18(13)28;;/h9-11,14-16,20,30-31,48H,3-8H2,1-2H3,(H,23,29)(H,24,32)(H,36,37)(H,38,39)(H2,22,25,26)(H2,33,34,35);;1H2/q;+1;/p-1. The third kappa shape index (κ3) is 13.4. The van der Waals surface area contributed by atoms with Gasteiger partial charge in [0.05, 0.1) is 19.5 Å². The number of thiol groups is 1. The van der Waals surface area contributed by atoms with Crippen LogP contribution < -0.4 is 50.8 Å². The Labute approximate surface area is 311 Å². The summed E-state index contributed by atoms with van der Waals surface area (Å²) in [4.78, 5) is 76.6. The Morgan fingerprint density at radius 3 is 2.40 bits per heavy atom. The van der Waals surface area contributed by atoms with Crippen LogP contribution >= 0.6 is 36.1 Å². The molecule has 2 aromatic heterocycles. The normalized spacial score (nSPS) is 23.4. The van der Waals surface area contributed by atoms with E-state index in [9.17, 15) is 53.1 Å². The van der Waals surface area contributed by atoms with E-state index in [-0.39, 0.29) is 70.9 Å². The van der Waals surface area contributed by atoms with Gasteiger partial charge in [-0.05, 0) is 0 Å². The molecule has 11 N–H and O–H groups in total. The molecule has 2 amide bonds. The number of hydrogen-bond donors (Lipinski definition) is 9. The van der Waals surface area contributed by atoms with Gasteiger partial charge in [0.1, 0.15) is 36.3 Å². The molecular weight excluding hydrogens is 770 g/mol. The number of anilines is 1. The van der Waals surface area contributed by atoms with E-state index in [1.807, 2.05) is 0 Å². The van der Waals surface area contributed by atoms with Gasteiger partial charge in [0.25, 0.3) is 7.82 Å². The zero-order valence-corrected chi connectivity index (χ0v) is 32.2. The Balaban J connectivity index is 0.00000625. The third-order valence-corrected chi connectivity index (χ3v) is 9.82. The van der Waals surface area contributed by atoms with E-state index in [1.165, 1.54) is 13.8 Å². The molecule has 1 aliphatic heterocycles. The molecule has 0 spiro atoms. The molecule has 50 heavy (non-hydrogen) atoms. The van der Waals surface area contributed by atoms with Crippen LogP contribution in [0.2, 0.25) is 0 Å². The number of nitrogens with one attached hydrogen (secondary N) is 2. The van der Waals surface area contributed by atoms with Crippen LogP contribution in [0.15, 0.2) is 12.7 Å².